The Morgan fingerprint density at radius 2 is 2.08 bits per heavy atom. The average Bonchev–Trinajstić information content (AvgIpc) is 2.15. The van der Waals surface area contributed by atoms with Crippen molar-refractivity contribution in [3.05, 3.63) is 0 Å². The van der Waals surface area contributed by atoms with E-state index in [1.165, 1.54) is 38.2 Å². The molecule has 0 radical (unpaired) electrons. The number of hydrogen-bond acceptors (Lipinski definition) is 2. The lowest BCUT2D eigenvalue weighted by molar-refractivity contribution is 0.204. The molecule has 0 amide bonds. The maximum Gasteiger partial charge on any atom is 0.0252 e. The number of alkyl halides is 1. The molecule has 12 heavy (non-hydrogen) atoms. The van der Waals surface area contributed by atoms with Crippen LogP contribution in [0.3, 0.4) is 0 Å². The van der Waals surface area contributed by atoms with Crippen LogP contribution in [0.25, 0.3) is 0 Å². The molecule has 0 aliphatic carbocycles. The third-order valence-electron chi connectivity index (χ3n) is 2.54. The number of halogens is 1. The third-order valence-corrected chi connectivity index (χ3v) is 3.56. The molecule has 72 valence electrons. The fourth-order valence-corrected chi connectivity index (χ4v) is 2.33. The van der Waals surface area contributed by atoms with Gasteiger partial charge in [0.1, 0.15) is 0 Å². The number of thioether (sulfide) groups is 1. The molecule has 0 aromatic carbocycles. The van der Waals surface area contributed by atoms with Crippen LogP contribution in [0.1, 0.15) is 12.8 Å². The SMILES string of the molecule is CSCCN1CCC(CCl)CC1. The van der Waals surface area contributed by atoms with E-state index in [9.17, 15) is 0 Å². The molecule has 1 aliphatic rings. The maximum atomic E-state index is 5.81. The van der Waals surface area contributed by atoms with Crippen molar-refractivity contribution in [1.29, 1.82) is 0 Å². The maximum absolute atomic E-state index is 5.81. The molecule has 0 bridgehead atoms. The van der Waals surface area contributed by atoms with E-state index in [1.54, 1.807) is 0 Å². The van der Waals surface area contributed by atoms with E-state index in [1.807, 2.05) is 11.8 Å². The molecule has 0 aromatic heterocycles. The predicted octanol–water partition coefficient (Wildman–Crippen LogP) is 2.30. The van der Waals surface area contributed by atoms with Crippen molar-refractivity contribution in [3.8, 4) is 0 Å². The summed E-state index contributed by atoms with van der Waals surface area (Å²) < 4.78 is 0. The number of rotatable bonds is 4. The van der Waals surface area contributed by atoms with Gasteiger partial charge in [0, 0.05) is 18.2 Å². The van der Waals surface area contributed by atoms with Gasteiger partial charge in [-0.2, -0.15) is 11.8 Å². The molecule has 0 saturated carbocycles. The van der Waals surface area contributed by atoms with Gasteiger partial charge in [-0.3, -0.25) is 0 Å². The summed E-state index contributed by atoms with van der Waals surface area (Å²) in [5.74, 6) is 2.92. The van der Waals surface area contributed by atoms with Crippen LogP contribution in [0.5, 0.6) is 0 Å². The zero-order chi connectivity index (χ0) is 8.81. The van der Waals surface area contributed by atoms with Crippen molar-refractivity contribution in [2.45, 2.75) is 12.8 Å². The summed E-state index contributed by atoms with van der Waals surface area (Å²) in [5.41, 5.74) is 0. The lowest BCUT2D eigenvalue weighted by atomic mass is 9.99. The molecule has 1 nitrogen and oxygen atoms in total. The molecule has 1 fully saturated rings. The zero-order valence-electron chi connectivity index (χ0n) is 7.76. The molecule has 0 spiro atoms. The van der Waals surface area contributed by atoms with Gasteiger partial charge in [0.15, 0.2) is 0 Å². The molecule has 0 N–H and O–H groups in total. The van der Waals surface area contributed by atoms with E-state index < -0.39 is 0 Å². The van der Waals surface area contributed by atoms with Gasteiger partial charge in [0.2, 0.25) is 0 Å². The van der Waals surface area contributed by atoms with Crippen LogP contribution in [0.15, 0.2) is 0 Å². The van der Waals surface area contributed by atoms with Gasteiger partial charge in [-0.1, -0.05) is 0 Å². The fraction of sp³-hybridized carbons (Fsp3) is 1.00. The Hall–Kier alpha value is 0.600. The van der Waals surface area contributed by atoms with E-state index >= 15 is 0 Å². The van der Waals surface area contributed by atoms with Gasteiger partial charge in [-0.25, -0.2) is 0 Å². The predicted molar refractivity (Wildman–Crippen MR) is 58.3 cm³/mol. The summed E-state index contributed by atoms with van der Waals surface area (Å²) in [7, 11) is 0. The molecule has 1 saturated heterocycles. The van der Waals surface area contributed by atoms with Crippen LogP contribution in [0.2, 0.25) is 0 Å². The Morgan fingerprint density at radius 1 is 1.42 bits per heavy atom. The highest BCUT2D eigenvalue weighted by molar-refractivity contribution is 7.98. The second-order valence-corrected chi connectivity index (χ2v) is 4.73. The van der Waals surface area contributed by atoms with E-state index in [0.29, 0.717) is 0 Å². The molecular weight excluding hydrogens is 190 g/mol. The number of nitrogens with zero attached hydrogens (tertiary/aromatic N) is 1. The normalized spacial score (nSPS) is 21.5. The van der Waals surface area contributed by atoms with Gasteiger partial charge in [0.25, 0.3) is 0 Å². The van der Waals surface area contributed by atoms with Crippen LogP contribution in [0.4, 0.5) is 0 Å². The number of likely N-dealkylation sites (tertiary alicyclic amines) is 1. The van der Waals surface area contributed by atoms with E-state index in [4.69, 9.17) is 11.6 Å². The summed E-state index contributed by atoms with van der Waals surface area (Å²) in [6, 6.07) is 0. The average molecular weight is 208 g/mol. The van der Waals surface area contributed by atoms with Crippen molar-refractivity contribution < 1.29 is 0 Å². The first-order valence-electron chi connectivity index (χ1n) is 4.64. The van der Waals surface area contributed by atoms with Crippen molar-refractivity contribution in [2.75, 3.05) is 37.5 Å². The second kappa shape index (κ2) is 6.11. The number of hydrogen-bond donors (Lipinski definition) is 0. The Morgan fingerprint density at radius 3 is 2.58 bits per heavy atom. The molecule has 1 heterocycles. The van der Waals surface area contributed by atoms with Gasteiger partial charge >= 0.3 is 0 Å². The molecule has 1 aliphatic heterocycles. The Bertz CT molecular complexity index is 113. The minimum Gasteiger partial charge on any atom is -0.302 e. The molecule has 0 unspecified atom stereocenters. The van der Waals surface area contributed by atoms with Gasteiger partial charge in [0.05, 0.1) is 0 Å². The first kappa shape index (κ1) is 10.7. The zero-order valence-corrected chi connectivity index (χ0v) is 9.33. The number of piperidine rings is 1. The van der Waals surface area contributed by atoms with Crippen molar-refractivity contribution in [2.24, 2.45) is 5.92 Å². The standard InChI is InChI=1S/C9H18ClNS/c1-12-7-6-11-4-2-9(8-10)3-5-11/h9H,2-8H2,1H3. The highest BCUT2D eigenvalue weighted by atomic mass is 35.5. The van der Waals surface area contributed by atoms with Crippen LogP contribution in [0, 0.1) is 5.92 Å². The molecule has 1 rings (SSSR count). The molecule has 3 heteroatoms. The lowest BCUT2D eigenvalue weighted by Crippen LogP contribution is -2.35. The van der Waals surface area contributed by atoms with Crippen LogP contribution >= 0.6 is 23.4 Å². The van der Waals surface area contributed by atoms with Gasteiger partial charge < -0.3 is 4.90 Å². The summed E-state index contributed by atoms with van der Waals surface area (Å²) in [4.78, 5) is 2.56. The summed E-state index contributed by atoms with van der Waals surface area (Å²) in [5, 5.41) is 0. The van der Waals surface area contributed by atoms with Crippen molar-refractivity contribution >= 4 is 23.4 Å². The third kappa shape index (κ3) is 3.55. The highest BCUT2D eigenvalue weighted by Gasteiger charge is 2.17. The molecule has 0 aromatic rings. The summed E-state index contributed by atoms with van der Waals surface area (Å²) in [6.07, 6.45) is 4.78. The molecule has 0 atom stereocenters. The summed E-state index contributed by atoms with van der Waals surface area (Å²) in [6.45, 7) is 3.78. The van der Waals surface area contributed by atoms with Crippen LogP contribution < -0.4 is 0 Å². The first-order chi connectivity index (χ1) is 5.86. The van der Waals surface area contributed by atoms with Gasteiger partial charge in [-0.05, 0) is 38.1 Å². The monoisotopic (exact) mass is 207 g/mol. The van der Waals surface area contributed by atoms with Crippen molar-refractivity contribution in [1.82, 2.24) is 4.90 Å². The van der Waals surface area contributed by atoms with Crippen LogP contribution in [-0.2, 0) is 0 Å². The smallest absolute Gasteiger partial charge is 0.0252 e. The second-order valence-electron chi connectivity index (χ2n) is 3.43. The van der Waals surface area contributed by atoms with Gasteiger partial charge in [-0.15, -0.1) is 11.6 Å². The quantitative estimate of drug-likeness (QED) is 0.651. The Balaban J connectivity index is 2.09. The highest BCUT2D eigenvalue weighted by Crippen LogP contribution is 2.18. The minimum absolute atomic E-state index is 0.789. The van der Waals surface area contributed by atoms with Crippen LogP contribution in [-0.4, -0.2) is 42.4 Å². The van der Waals surface area contributed by atoms with E-state index in [0.717, 1.165) is 11.8 Å². The minimum atomic E-state index is 0.789. The van der Waals surface area contributed by atoms with E-state index in [-0.39, 0.29) is 0 Å². The van der Waals surface area contributed by atoms with E-state index in [2.05, 4.69) is 11.2 Å². The van der Waals surface area contributed by atoms with Crippen molar-refractivity contribution in [3.63, 3.8) is 0 Å². The first-order valence-corrected chi connectivity index (χ1v) is 6.57. The Labute approximate surface area is 84.8 Å². The lowest BCUT2D eigenvalue weighted by Gasteiger charge is -2.30. The molecular formula is C9H18ClNS. The summed E-state index contributed by atoms with van der Waals surface area (Å²) >= 11 is 7.74. The topological polar surface area (TPSA) is 3.24 Å². The Kier molecular flexibility index (Phi) is 5.44. The fourth-order valence-electron chi connectivity index (χ4n) is 1.58. The largest absolute Gasteiger partial charge is 0.302 e.